The molecule has 4 heteroatoms. The molecule has 0 bridgehead atoms. The summed E-state index contributed by atoms with van der Waals surface area (Å²) in [5.41, 5.74) is 3.34. The van der Waals surface area contributed by atoms with Gasteiger partial charge in [-0.05, 0) is 38.5 Å². The molecule has 0 atom stereocenters. The standard InChI is InChI=1S/C17H24N2O2/c1-4-20-17(21-5-2)12-18-11-14-10-13(3)19-16-9-7-6-8-15(14)16/h6-10,17-18H,4-5,11-12H2,1-3H3. The van der Waals surface area contributed by atoms with Gasteiger partial charge in [-0.2, -0.15) is 0 Å². The van der Waals surface area contributed by atoms with Crippen LogP contribution in [0.2, 0.25) is 0 Å². The quantitative estimate of drug-likeness (QED) is 0.758. The summed E-state index contributed by atoms with van der Waals surface area (Å²) in [7, 11) is 0. The van der Waals surface area contributed by atoms with Crippen molar-refractivity contribution in [1.29, 1.82) is 0 Å². The number of pyridine rings is 1. The maximum Gasteiger partial charge on any atom is 0.169 e. The second kappa shape index (κ2) is 8.08. The van der Waals surface area contributed by atoms with Crippen LogP contribution in [0.15, 0.2) is 30.3 Å². The fourth-order valence-electron chi connectivity index (χ4n) is 2.40. The van der Waals surface area contributed by atoms with Crippen molar-refractivity contribution in [3.63, 3.8) is 0 Å². The summed E-state index contributed by atoms with van der Waals surface area (Å²) in [4.78, 5) is 4.56. The van der Waals surface area contributed by atoms with E-state index in [1.807, 2.05) is 32.9 Å². The first kappa shape index (κ1) is 15.9. The monoisotopic (exact) mass is 288 g/mol. The maximum atomic E-state index is 5.53. The van der Waals surface area contributed by atoms with E-state index in [0.717, 1.165) is 17.8 Å². The summed E-state index contributed by atoms with van der Waals surface area (Å²) in [5.74, 6) is 0. The fraction of sp³-hybridized carbons (Fsp3) is 0.471. The van der Waals surface area contributed by atoms with Crippen molar-refractivity contribution in [3.8, 4) is 0 Å². The average molecular weight is 288 g/mol. The van der Waals surface area contributed by atoms with E-state index in [0.29, 0.717) is 19.8 Å². The Morgan fingerprint density at radius 1 is 1.14 bits per heavy atom. The Morgan fingerprint density at radius 2 is 1.86 bits per heavy atom. The molecule has 114 valence electrons. The van der Waals surface area contributed by atoms with Crippen molar-refractivity contribution < 1.29 is 9.47 Å². The third-order valence-corrected chi connectivity index (χ3v) is 3.26. The summed E-state index contributed by atoms with van der Waals surface area (Å²) < 4.78 is 11.1. The van der Waals surface area contributed by atoms with Crippen LogP contribution in [-0.4, -0.2) is 31.0 Å². The van der Waals surface area contributed by atoms with Crippen LogP contribution in [0, 0.1) is 6.92 Å². The third-order valence-electron chi connectivity index (χ3n) is 3.26. The minimum absolute atomic E-state index is 0.186. The van der Waals surface area contributed by atoms with Gasteiger partial charge in [-0.25, -0.2) is 0 Å². The van der Waals surface area contributed by atoms with Gasteiger partial charge in [-0.3, -0.25) is 4.98 Å². The summed E-state index contributed by atoms with van der Waals surface area (Å²) in [5, 5.41) is 4.61. The van der Waals surface area contributed by atoms with Crippen LogP contribution in [0.1, 0.15) is 25.1 Å². The third kappa shape index (κ3) is 4.49. The average Bonchev–Trinajstić information content (AvgIpc) is 2.47. The Bertz CT molecular complexity index is 566. The fourth-order valence-corrected chi connectivity index (χ4v) is 2.40. The highest BCUT2D eigenvalue weighted by atomic mass is 16.7. The molecular formula is C17H24N2O2. The van der Waals surface area contributed by atoms with Gasteiger partial charge in [0.05, 0.1) is 5.52 Å². The van der Waals surface area contributed by atoms with Crippen molar-refractivity contribution in [1.82, 2.24) is 10.3 Å². The predicted molar refractivity (Wildman–Crippen MR) is 85.2 cm³/mol. The van der Waals surface area contributed by atoms with Crippen molar-refractivity contribution in [2.45, 2.75) is 33.6 Å². The van der Waals surface area contributed by atoms with Crippen LogP contribution in [0.4, 0.5) is 0 Å². The van der Waals surface area contributed by atoms with Crippen LogP contribution in [0.3, 0.4) is 0 Å². The molecule has 0 saturated heterocycles. The molecule has 0 radical (unpaired) electrons. The highest BCUT2D eigenvalue weighted by molar-refractivity contribution is 5.82. The van der Waals surface area contributed by atoms with Crippen LogP contribution >= 0.6 is 0 Å². The topological polar surface area (TPSA) is 43.4 Å². The van der Waals surface area contributed by atoms with E-state index >= 15 is 0 Å². The second-order valence-electron chi connectivity index (χ2n) is 4.91. The molecule has 4 nitrogen and oxygen atoms in total. The number of fused-ring (bicyclic) bond motifs is 1. The molecule has 0 aliphatic carbocycles. The lowest BCUT2D eigenvalue weighted by Crippen LogP contribution is -2.31. The van der Waals surface area contributed by atoms with Gasteiger partial charge < -0.3 is 14.8 Å². The summed E-state index contributed by atoms with van der Waals surface area (Å²) in [6.07, 6.45) is -0.186. The number of nitrogens with zero attached hydrogens (tertiary/aromatic N) is 1. The predicted octanol–water partition coefficient (Wildman–Crippen LogP) is 3.03. The number of rotatable bonds is 8. The number of hydrogen-bond donors (Lipinski definition) is 1. The van der Waals surface area contributed by atoms with E-state index in [9.17, 15) is 0 Å². The molecule has 0 fully saturated rings. The molecule has 0 saturated carbocycles. The van der Waals surface area contributed by atoms with Gasteiger partial charge >= 0.3 is 0 Å². The number of aryl methyl sites for hydroxylation is 1. The molecule has 2 aromatic rings. The number of para-hydroxylation sites is 1. The highest BCUT2D eigenvalue weighted by Gasteiger charge is 2.08. The molecular weight excluding hydrogens is 264 g/mol. The Kier molecular flexibility index (Phi) is 6.11. The highest BCUT2D eigenvalue weighted by Crippen LogP contribution is 2.17. The van der Waals surface area contributed by atoms with Crippen molar-refractivity contribution in [2.24, 2.45) is 0 Å². The molecule has 0 spiro atoms. The van der Waals surface area contributed by atoms with Crippen molar-refractivity contribution >= 4 is 10.9 Å². The van der Waals surface area contributed by atoms with Crippen LogP contribution in [0.5, 0.6) is 0 Å². The largest absolute Gasteiger partial charge is 0.352 e. The van der Waals surface area contributed by atoms with Crippen LogP contribution in [-0.2, 0) is 16.0 Å². The lowest BCUT2D eigenvalue weighted by atomic mass is 10.1. The smallest absolute Gasteiger partial charge is 0.169 e. The van der Waals surface area contributed by atoms with Gasteiger partial charge in [-0.15, -0.1) is 0 Å². The normalized spacial score (nSPS) is 11.4. The lowest BCUT2D eigenvalue weighted by molar-refractivity contribution is -0.133. The molecule has 0 aliphatic rings. The van der Waals surface area contributed by atoms with Gasteiger partial charge in [0.15, 0.2) is 6.29 Å². The number of hydrogen-bond acceptors (Lipinski definition) is 4. The van der Waals surface area contributed by atoms with Gasteiger partial charge in [0.1, 0.15) is 0 Å². The van der Waals surface area contributed by atoms with E-state index in [-0.39, 0.29) is 6.29 Å². The molecule has 21 heavy (non-hydrogen) atoms. The number of ether oxygens (including phenoxy) is 2. The SMILES string of the molecule is CCOC(CNCc1cc(C)nc2ccccc12)OCC. The van der Waals surface area contributed by atoms with Gasteiger partial charge in [0, 0.05) is 37.4 Å². The van der Waals surface area contributed by atoms with Crippen molar-refractivity contribution in [2.75, 3.05) is 19.8 Å². The zero-order valence-electron chi connectivity index (χ0n) is 13.1. The van der Waals surface area contributed by atoms with Crippen LogP contribution < -0.4 is 5.32 Å². The first-order valence-electron chi connectivity index (χ1n) is 7.53. The molecule has 0 unspecified atom stereocenters. The number of aromatic nitrogens is 1. The van der Waals surface area contributed by atoms with E-state index in [1.54, 1.807) is 0 Å². The number of benzene rings is 1. The second-order valence-corrected chi connectivity index (χ2v) is 4.91. The Labute approximate surface area is 126 Å². The molecule has 2 rings (SSSR count). The summed E-state index contributed by atoms with van der Waals surface area (Å²) >= 11 is 0. The van der Waals surface area contributed by atoms with E-state index in [1.165, 1.54) is 10.9 Å². The maximum absolute atomic E-state index is 5.53. The molecule has 0 aliphatic heterocycles. The van der Waals surface area contributed by atoms with Crippen molar-refractivity contribution in [3.05, 3.63) is 41.6 Å². The van der Waals surface area contributed by atoms with Crippen LogP contribution in [0.25, 0.3) is 10.9 Å². The molecule has 0 amide bonds. The molecule has 1 heterocycles. The number of nitrogens with one attached hydrogen (secondary N) is 1. The van der Waals surface area contributed by atoms with E-state index in [2.05, 4.69) is 28.5 Å². The van der Waals surface area contributed by atoms with Gasteiger partial charge in [0.2, 0.25) is 0 Å². The Morgan fingerprint density at radius 3 is 2.57 bits per heavy atom. The summed E-state index contributed by atoms with van der Waals surface area (Å²) in [6, 6.07) is 10.4. The zero-order valence-corrected chi connectivity index (χ0v) is 13.1. The molecule has 1 aromatic heterocycles. The Hall–Kier alpha value is -1.49. The minimum Gasteiger partial charge on any atom is -0.352 e. The Balaban J connectivity index is 2.02. The molecule has 1 N–H and O–H groups in total. The molecule has 1 aromatic carbocycles. The van der Waals surface area contributed by atoms with Gasteiger partial charge in [0.25, 0.3) is 0 Å². The minimum atomic E-state index is -0.186. The summed E-state index contributed by atoms with van der Waals surface area (Å²) in [6.45, 7) is 8.75. The van der Waals surface area contributed by atoms with E-state index in [4.69, 9.17) is 9.47 Å². The van der Waals surface area contributed by atoms with Gasteiger partial charge in [-0.1, -0.05) is 18.2 Å². The lowest BCUT2D eigenvalue weighted by Gasteiger charge is -2.18. The van der Waals surface area contributed by atoms with E-state index < -0.39 is 0 Å². The first-order chi connectivity index (χ1) is 10.2. The zero-order chi connectivity index (χ0) is 15.1. The first-order valence-corrected chi connectivity index (χ1v) is 7.53.